The Bertz CT molecular complexity index is 929. The molecule has 0 aliphatic heterocycles. The van der Waals surface area contributed by atoms with E-state index in [1.54, 1.807) is 30.5 Å². The topological polar surface area (TPSA) is 49.6 Å². The van der Waals surface area contributed by atoms with Gasteiger partial charge in [-0.15, -0.1) is 0 Å². The molecule has 0 bridgehead atoms. The summed E-state index contributed by atoms with van der Waals surface area (Å²) in [7, 11) is 4.01. The van der Waals surface area contributed by atoms with Gasteiger partial charge in [0, 0.05) is 31.7 Å². The third-order valence-corrected chi connectivity index (χ3v) is 4.24. The Balaban J connectivity index is 1.73. The van der Waals surface area contributed by atoms with Crippen LogP contribution in [-0.4, -0.2) is 30.8 Å². The molecule has 26 heavy (non-hydrogen) atoms. The lowest BCUT2D eigenvalue weighted by molar-refractivity contribution is 0.0955. The number of benzene rings is 2. The average Bonchev–Trinajstić information content (AvgIpc) is 3.10. The molecule has 0 atom stereocenters. The number of halogens is 1. The van der Waals surface area contributed by atoms with Crippen LogP contribution < -0.4 is 10.3 Å². The van der Waals surface area contributed by atoms with Crippen molar-refractivity contribution in [3.8, 4) is 5.69 Å². The molecule has 0 saturated carbocycles. The number of aromatic nitrogens is 1. The van der Waals surface area contributed by atoms with Crippen molar-refractivity contribution >= 4 is 29.4 Å². The van der Waals surface area contributed by atoms with Crippen LogP contribution in [0.1, 0.15) is 16.1 Å². The van der Waals surface area contributed by atoms with Crippen molar-refractivity contribution in [1.29, 1.82) is 0 Å². The zero-order chi connectivity index (χ0) is 18.5. The Hall–Kier alpha value is -3.05. The van der Waals surface area contributed by atoms with Gasteiger partial charge in [-0.05, 0) is 48.5 Å². The first-order valence-electron chi connectivity index (χ1n) is 8.09. The van der Waals surface area contributed by atoms with Crippen molar-refractivity contribution < 1.29 is 4.79 Å². The van der Waals surface area contributed by atoms with Crippen LogP contribution in [0, 0.1) is 0 Å². The molecule has 6 heteroatoms. The molecule has 0 fully saturated rings. The lowest BCUT2D eigenvalue weighted by Crippen LogP contribution is -2.18. The molecule has 1 N–H and O–H groups in total. The summed E-state index contributed by atoms with van der Waals surface area (Å²) in [4.78, 5) is 14.2. The van der Waals surface area contributed by atoms with Crippen molar-refractivity contribution in [2.24, 2.45) is 5.10 Å². The minimum atomic E-state index is -0.347. The highest BCUT2D eigenvalue weighted by Crippen LogP contribution is 2.17. The van der Waals surface area contributed by atoms with Crippen LogP contribution in [0.2, 0.25) is 5.02 Å². The van der Waals surface area contributed by atoms with Crippen molar-refractivity contribution in [2.75, 3.05) is 19.0 Å². The molecule has 5 nitrogen and oxygen atoms in total. The van der Waals surface area contributed by atoms with Crippen LogP contribution in [0.4, 0.5) is 5.69 Å². The summed E-state index contributed by atoms with van der Waals surface area (Å²) in [6.07, 6.45) is 3.55. The minimum absolute atomic E-state index is 0.347. The van der Waals surface area contributed by atoms with Crippen molar-refractivity contribution in [2.45, 2.75) is 0 Å². The van der Waals surface area contributed by atoms with Gasteiger partial charge >= 0.3 is 0 Å². The highest BCUT2D eigenvalue weighted by molar-refractivity contribution is 6.33. The fraction of sp³-hybridized carbons (Fsp3) is 0.100. The van der Waals surface area contributed by atoms with E-state index in [4.69, 9.17) is 11.6 Å². The summed E-state index contributed by atoms with van der Waals surface area (Å²) in [5.41, 5.74) is 5.89. The Morgan fingerprint density at radius 2 is 1.81 bits per heavy atom. The molecule has 0 radical (unpaired) electrons. The molecule has 0 aliphatic carbocycles. The molecule has 0 spiro atoms. The summed E-state index contributed by atoms with van der Waals surface area (Å²) in [5, 5.41) is 4.44. The standard InChI is InChI=1S/C20H19ClN4O/c1-24(2)15-9-11-16(12-10-15)25-13-5-6-17(25)14-22-23-20(26)18-7-3-4-8-19(18)21/h3-14H,1-2H3,(H,23,26)/b22-14-. The maximum absolute atomic E-state index is 12.1. The number of hydrogen-bond acceptors (Lipinski definition) is 3. The molecular formula is C20H19ClN4O. The van der Waals surface area contributed by atoms with E-state index in [-0.39, 0.29) is 5.91 Å². The maximum atomic E-state index is 12.1. The molecule has 0 saturated heterocycles. The van der Waals surface area contributed by atoms with E-state index in [9.17, 15) is 4.79 Å². The van der Waals surface area contributed by atoms with Gasteiger partial charge in [0.2, 0.25) is 0 Å². The van der Waals surface area contributed by atoms with Crippen molar-refractivity contribution in [1.82, 2.24) is 9.99 Å². The van der Waals surface area contributed by atoms with Gasteiger partial charge in [0.1, 0.15) is 0 Å². The zero-order valence-electron chi connectivity index (χ0n) is 14.6. The molecule has 1 amide bonds. The summed E-state index contributed by atoms with van der Waals surface area (Å²) in [6.45, 7) is 0. The molecule has 132 valence electrons. The van der Waals surface area contributed by atoms with Crippen LogP contribution in [0.3, 0.4) is 0 Å². The third-order valence-electron chi connectivity index (χ3n) is 3.91. The largest absolute Gasteiger partial charge is 0.378 e. The predicted octanol–water partition coefficient (Wildman–Crippen LogP) is 3.96. The summed E-state index contributed by atoms with van der Waals surface area (Å²) >= 11 is 6.02. The second-order valence-corrected chi connectivity index (χ2v) is 6.30. The monoisotopic (exact) mass is 366 g/mol. The summed E-state index contributed by atoms with van der Waals surface area (Å²) in [5.74, 6) is -0.347. The lowest BCUT2D eigenvalue weighted by Gasteiger charge is -2.13. The van der Waals surface area contributed by atoms with Gasteiger partial charge in [-0.2, -0.15) is 5.10 Å². The zero-order valence-corrected chi connectivity index (χ0v) is 15.3. The number of rotatable bonds is 5. The van der Waals surface area contributed by atoms with E-state index < -0.39 is 0 Å². The van der Waals surface area contributed by atoms with Crippen molar-refractivity contribution in [3.63, 3.8) is 0 Å². The van der Waals surface area contributed by atoms with E-state index in [1.807, 2.05) is 54.0 Å². The minimum Gasteiger partial charge on any atom is -0.378 e. The van der Waals surface area contributed by atoms with Crippen LogP contribution >= 0.6 is 11.6 Å². The molecule has 3 aromatic rings. The second kappa shape index (κ2) is 7.89. The third kappa shape index (κ3) is 3.95. The van der Waals surface area contributed by atoms with Gasteiger partial charge in [-0.25, -0.2) is 5.43 Å². The molecule has 0 unspecified atom stereocenters. The number of carbonyl (C=O) groups is 1. The smallest absolute Gasteiger partial charge is 0.272 e. The average molecular weight is 367 g/mol. The predicted molar refractivity (Wildman–Crippen MR) is 107 cm³/mol. The van der Waals surface area contributed by atoms with E-state index in [0.717, 1.165) is 17.1 Å². The van der Waals surface area contributed by atoms with Crippen LogP contribution in [0.25, 0.3) is 5.69 Å². The van der Waals surface area contributed by atoms with Crippen LogP contribution in [-0.2, 0) is 0 Å². The quantitative estimate of drug-likeness (QED) is 0.549. The fourth-order valence-electron chi connectivity index (χ4n) is 2.51. The first-order chi connectivity index (χ1) is 12.6. The van der Waals surface area contributed by atoms with Gasteiger partial charge in [-0.1, -0.05) is 23.7 Å². The summed E-state index contributed by atoms with van der Waals surface area (Å²) < 4.78 is 1.99. The van der Waals surface area contributed by atoms with Crippen molar-refractivity contribution in [3.05, 3.63) is 83.1 Å². The van der Waals surface area contributed by atoms with Gasteiger partial charge in [0.15, 0.2) is 0 Å². The SMILES string of the molecule is CN(C)c1ccc(-n2cccc2/C=N\NC(=O)c2ccccc2Cl)cc1. The van der Waals surface area contributed by atoms with Gasteiger partial charge in [0.25, 0.3) is 5.91 Å². The highest BCUT2D eigenvalue weighted by Gasteiger charge is 2.08. The maximum Gasteiger partial charge on any atom is 0.272 e. The first-order valence-corrected chi connectivity index (χ1v) is 8.47. The van der Waals surface area contributed by atoms with E-state index >= 15 is 0 Å². The number of nitrogens with one attached hydrogen (secondary N) is 1. The summed E-state index contributed by atoms with van der Waals surface area (Å²) in [6, 6.07) is 18.9. The van der Waals surface area contributed by atoms with Crippen LogP contribution in [0.15, 0.2) is 72.0 Å². The number of nitrogens with zero attached hydrogens (tertiary/aromatic N) is 3. The Labute approximate surface area is 157 Å². The first kappa shape index (κ1) is 17.8. The fourth-order valence-corrected chi connectivity index (χ4v) is 2.73. The molecule has 3 rings (SSSR count). The van der Waals surface area contributed by atoms with Gasteiger partial charge in [0.05, 0.1) is 22.5 Å². The van der Waals surface area contributed by atoms with E-state index in [0.29, 0.717) is 10.6 Å². The molecular weight excluding hydrogens is 348 g/mol. The number of hydrazone groups is 1. The second-order valence-electron chi connectivity index (χ2n) is 5.89. The highest BCUT2D eigenvalue weighted by atomic mass is 35.5. The lowest BCUT2D eigenvalue weighted by atomic mass is 10.2. The Kier molecular flexibility index (Phi) is 5.39. The molecule has 1 aromatic heterocycles. The number of hydrogen-bond donors (Lipinski definition) is 1. The molecule has 2 aromatic carbocycles. The van der Waals surface area contributed by atoms with E-state index in [1.165, 1.54) is 0 Å². The van der Waals surface area contributed by atoms with Gasteiger partial charge in [-0.3, -0.25) is 4.79 Å². The van der Waals surface area contributed by atoms with E-state index in [2.05, 4.69) is 22.7 Å². The normalized spacial score (nSPS) is 10.9. The molecule has 1 heterocycles. The number of carbonyl (C=O) groups excluding carboxylic acids is 1. The van der Waals surface area contributed by atoms with Gasteiger partial charge < -0.3 is 9.47 Å². The number of anilines is 1. The van der Waals surface area contributed by atoms with Crippen LogP contribution in [0.5, 0.6) is 0 Å². The molecule has 0 aliphatic rings. The Morgan fingerprint density at radius 1 is 1.08 bits per heavy atom. The number of amides is 1. The Morgan fingerprint density at radius 3 is 2.50 bits per heavy atom.